The summed E-state index contributed by atoms with van der Waals surface area (Å²) in [5, 5.41) is 50.5. The van der Waals surface area contributed by atoms with Crippen LogP contribution in [0.3, 0.4) is 0 Å². The molecule has 0 heterocycles. The minimum atomic E-state index is -1.61. The second-order valence-corrected chi connectivity index (χ2v) is 20.1. The second kappa shape index (κ2) is 36.3. The van der Waals surface area contributed by atoms with Gasteiger partial charge in [0.2, 0.25) is 59.1 Å². The van der Waals surface area contributed by atoms with Gasteiger partial charge in [-0.25, -0.2) is 4.79 Å². The van der Waals surface area contributed by atoms with Gasteiger partial charge in [-0.3, -0.25) is 52.7 Å². The van der Waals surface area contributed by atoms with E-state index >= 15 is 0 Å². The average Bonchev–Trinajstić information content (AvgIpc) is 3.33. The monoisotopic (exact) mass is 1130 g/mol. The topological polar surface area (TPSA) is 426 Å². The number of nitrogens with one attached hydrogen (secondary N) is 9. The van der Waals surface area contributed by atoms with Gasteiger partial charge in [0.15, 0.2) is 0 Å². The van der Waals surface area contributed by atoms with Crippen molar-refractivity contribution in [1.82, 2.24) is 47.9 Å². The van der Waals surface area contributed by atoms with Crippen LogP contribution in [0, 0.1) is 11.8 Å². The fraction of sp³-hybridized carbons (Fsp3) is 0.714. The molecule has 73 heavy (non-hydrogen) atoms. The van der Waals surface area contributed by atoms with Gasteiger partial charge in [-0.2, -0.15) is 61.4 Å². The molecule has 26 nitrogen and oxygen atoms in total. The number of carbonyl (C=O) groups is 12. The molecule has 10 amide bonds. The molecule has 0 saturated heterocycles. The summed E-state index contributed by atoms with van der Waals surface area (Å²) in [5.74, 6) is -13.2. The third-order valence-corrected chi connectivity index (χ3v) is 12.9. The zero-order valence-corrected chi connectivity index (χ0v) is 45.8. The number of nitrogens with two attached hydrogens (primary N) is 2. The van der Waals surface area contributed by atoms with Crippen molar-refractivity contribution in [3.8, 4) is 0 Å². The largest absolute Gasteiger partial charge is 0.481 e. The number of aliphatic hydroxyl groups is 1. The molecule has 0 saturated carbocycles. The first-order valence-corrected chi connectivity index (χ1v) is 27.5. The molecule has 0 aromatic heterocycles. The Morgan fingerprint density at radius 1 is 0.452 bits per heavy atom. The van der Waals surface area contributed by atoms with Crippen molar-refractivity contribution < 1.29 is 72.9 Å². The number of aliphatic hydroxyl groups excluding tert-OH is 1. The van der Waals surface area contributed by atoms with Crippen LogP contribution in [0.25, 0.3) is 0 Å². The van der Waals surface area contributed by atoms with Crippen molar-refractivity contribution in [2.24, 2.45) is 23.3 Å². The fourth-order valence-electron chi connectivity index (χ4n) is 6.23. The number of carboxylic acid groups (broad SMARTS) is 2. The summed E-state index contributed by atoms with van der Waals surface area (Å²) < 4.78 is 0. The van der Waals surface area contributed by atoms with Gasteiger partial charge < -0.3 is 74.6 Å². The zero-order chi connectivity index (χ0) is 56.1. The lowest BCUT2D eigenvalue weighted by molar-refractivity contribution is -0.141. The van der Waals surface area contributed by atoms with Crippen molar-refractivity contribution in [2.75, 3.05) is 47.9 Å². The molecule has 0 unspecified atom stereocenters. The molecular formula is C42H73N11O15S5. The number of amides is 10. The SMILES string of the molecule is CSCC[C@H](NC(=O)[C@H](CCC(N)=O)NC(=O)[C@H](CCSC)NC(=O)[C@@H](NC(=O)[C@H](CCC(=O)O)NC(=O)[C@@H](NC(=O)[C@H](CO)NC(=O)[C@@H](N)CS)C(C)C)C(C)C)C(=O)N[C@@H](CS)C(=O)N[C@@H](CS)C(=O)O. The maximum atomic E-state index is 14.0. The smallest absolute Gasteiger partial charge is 0.327 e. The Labute approximate surface area is 448 Å². The van der Waals surface area contributed by atoms with E-state index < -0.39 is 169 Å². The first-order valence-electron chi connectivity index (χ1n) is 22.9. The summed E-state index contributed by atoms with van der Waals surface area (Å²) in [6.07, 6.45) is 1.51. The third kappa shape index (κ3) is 25.9. The Balaban J connectivity index is 6.60. The summed E-state index contributed by atoms with van der Waals surface area (Å²) in [6, 6.07) is -14.1. The van der Waals surface area contributed by atoms with Crippen molar-refractivity contribution in [2.45, 2.75) is 127 Å². The minimum absolute atomic E-state index is 0.00800. The number of rotatable bonds is 37. The quantitative estimate of drug-likeness (QED) is 0.0261. The van der Waals surface area contributed by atoms with E-state index in [9.17, 15) is 72.9 Å². The zero-order valence-electron chi connectivity index (χ0n) is 41.5. The van der Waals surface area contributed by atoms with E-state index in [0.717, 1.165) is 0 Å². The van der Waals surface area contributed by atoms with Crippen LogP contribution in [0.15, 0.2) is 0 Å². The number of hydrogen-bond donors (Lipinski definition) is 17. The van der Waals surface area contributed by atoms with Crippen LogP contribution in [-0.2, 0) is 57.5 Å². The van der Waals surface area contributed by atoms with Gasteiger partial charge >= 0.3 is 11.9 Å². The Hall–Kier alpha value is -4.69. The maximum Gasteiger partial charge on any atom is 0.327 e. The van der Waals surface area contributed by atoms with E-state index in [1.54, 1.807) is 26.4 Å². The van der Waals surface area contributed by atoms with Crippen LogP contribution < -0.4 is 59.3 Å². The van der Waals surface area contributed by atoms with Gasteiger partial charge in [0.05, 0.1) is 12.6 Å². The molecule has 0 aromatic rings. The van der Waals surface area contributed by atoms with Crippen molar-refractivity contribution in [3.05, 3.63) is 0 Å². The highest BCUT2D eigenvalue weighted by Crippen LogP contribution is 2.12. The van der Waals surface area contributed by atoms with E-state index in [1.807, 2.05) is 0 Å². The molecular weight excluding hydrogens is 1060 g/mol. The molecule has 0 spiro atoms. The average molecular weight is 1130 g/mol. The predicted octanol–water partition coefficient (Wildman–Crippen LogP) is -4.51. The summed E-state index contributed by atoms with van der Waals surface area (Å²) in [4.78, 5) is 156. The molecule has 31 heteroatoms. The van der Waals surface area contributed by atoms with E-state index in [4.69, 9.17) is 11.5 Å². The molecule has 0 aliphatic rings. The van der Waals surface area contributed by atoms with Crippen LogP contribution in [0.4, 0.5) is 0 Å². The van der Waals surface area contributed by atoms with Crippen molar-refractivity contribution >= 4 is 132 Å². The Kier molecular flexibility index (Phi) is 34.0. The number of carboxylic acids is 2. The summed E-state index contributed by atoms with van der Waals surface area (Å²) >= 11 is 14.6. The molecule has 16 N–H and O–H groups in total. The second-order valence-electron chi connectivity index (χ2n) is 17.1. The number of hydrogen-bond acceptors (Lipinski definition) is 19. The first-order chi connectivity index (χ1) is 34.2. The number of thiol groups is 3. The van der Waals surface area contributed by atoms with Crippen molar-refractivity contribution in [3.63, 3.8) is 0 Å². The van der Waals surface area contributed by atoms with Crippen LogP contribution in [0.1, 0.15) is 66.2 Å². The number of thioether (sulfide) groups is 2. The predicted molar refractivity (Wildman–Crippen MR) is 283 cm³/mol. The lowest BCUT2D eigenvalue weighted by atomic mass is 10.00. The standard InChI is InChI=1S/C42H73N11O15S5/c1-19(2)31(52-37(62)23(8-10-30(56)57)47-40(65)32(20(3)4)53-38(63)26(15-54)49-33(58)21(43)16-69)41(66)48-25(12-14-73-6)35(60)45-22(7-9-29(44)55)34(59)46-24(11-13-72-5)36(61)50-27(17-70)39(64)51-28(18-71)42(67)68/h19-28,31-32,54,69-71H,7-18,43H2,1-6H3,(H2,44,55)(H,45,60)(H,46,59)(H,47,65)(H,48,66)(H,49,58)(H,50,61)(H,51,64)(H,52,62)(H,53,63)(H,56,57)(H,67,68)/t21-,22-,23-,24-,25-,26-,27-,28-,31-,32-/m0/s1. The molecule has 0 aromatic carbocycles. The fourth-order valence-corrected chi connectivity index (χ4v) is 7.84. The molecule has 0 aliphatic carbocycles. The van der Waals surface area contributed by atoms with E-state index in [2.05, 4.69) is 85.7 Å². The van der Waals surface area contributed by atoms with Gasteiger partial charge in [0.1, 0.15) is 54.4 Å². The minimum Gasteiger partial charge on any atom is -0.481 e. The van der Waals surface area contributed by atoms with Gasteiger partial charge in [-0.05, 0) is 61.5 Å². The van der Waals surface area contributed by atoms with Crippen molar-refractivity contribution in [1.29, 1.82) is 0 Å². The molecule has 0 bridgehead atoms. The first kappa shape index (κ1) is 68.3. The maximum absolute atomic E-state index is 14.0. The molecule has 10 atom stereocenters. The van der Waals surface area contributed by atoms with Gasteiger partial charge in [-0.1, -0.05) is 27.7 Å². The summed E-state index contributed by atoms with van der Waals surface area (Å²) in [5.41, 5.74) is 11.0. The van der Waals surface area contributed by atoms with Gasteiger partial charge in [0.25, 0.3) is 0 Å². The van der Waals surface area contributed by atoms with Gasteiger partial charge in [-0.15, -0.1) is 0 Å². The van der Waals surface area contributed by atoms with Crippen LogP contribution >= 0.6 is 61.4 Å². The Morgan fingerprint density at radius 2 is 0.781 bits per heavy atom. The van der Waals surface area contributed by atoms with E-state index in [-0.39, 0.29) is 42.3 Å². The lowest BCUT2D eigenvalue weighted by Gasteiger charge is -2.29. The van der Waals surface area contributed by atoms with Crippen LogP contribution in [-0.4, -0.2) is 195 Å². The molecule has 0 aliphatic heterocycles. The van der Waals surface area contributed by atoms with E-state index in [0.29, 0.717) is 5.75 Å². The number of aliphatic carboxylic acids is 2. The molecule has 0 rings (SSSR count). The van der Waals surface area contributed by atoms with Gasteiger partial charge in [0, 0.05) is 30.1 Å². The highest BCUT2D eigenvalue weighted by atomic mass is 32.2. The highest BCUT2D eigenvalue weighted by molar-refractivity contribution is 7.98. The number of carbonyl (C=O) groups excluding carboxylic acids is 10. The molecule has 416 valence electrons. The normalized spacial score (nSPS) is 15.2. The van der Waals surface area contributed by atoms with Crippen LogP contribution in [0.5, 0.6) is 0 Å². The summed E-state index contributed by atoms with van der Waals surface area (Å²) in [6.45, 7) is 5.29. The highest BCUT2D eigenvalue weighted by Gasteiger charge is 2.36. The van der Waals surface area contributed by atoms with Crippen LogP contribution in [0.2, 0.25) is 0 Å². The lowest BCUT2D eigenvalue weighted by Crippen LogP contribution is -2.62. The van der Waals surface area contributed by atoms with E-state index in [1.165, 1.54) is 37.4 Å². The molecule has 0 fully saturated rings. The third-order valence-electron chi connectivity index (χ3n) is 10.5. The number of primary amides is 1. The Bertz CT molecular complexity index is 1910. The molecule has 0 radical (unpaired) electrons. The Morgan fingerprint density at radius 3 is 1.12 bits per heavy atom. The summed E-state index contributed by atoms with van der Waals surface area (Å²) in [7, 11) is 0.